The van der Waals surface area contributed by atoms with E-state index in [0.29, 0.717) is 12.5 Å². The monoisotopic (exact) mass is 379 g/mol. The van der Waals surface area contributed by atoms with E-state index in [9.17, 15) is 4.79 Å². The van der Waals surface area contributed by atoms with Crippen LogP contribution in [0.2, 0.25) is 0 Å². The van der Waals surface area contributed by atoms with Crippen molar-refractivity contribution in [3.05, 3.63) is 29.8 Å². The van der Waals surface area contributed by atoms with Gasteiger partial charge in [-0.1, -0.05) is 32.4 Å². The summed E-state index contributed by atoms with van der Waals surface area (Å²) in [5, 5.41) is 2.94. The third kappa shape index (κ3) is 8.21. The molecule has 1 unspecified atom stereocenters. The molecule has 0 heterocycles. The molecule has 0 radical (unpaired) electrons. The first kappa shape index (κ1) is 23.3. The number of carbonyl (C=O) groups is 1. The molecule has 0 saturated heterocycles. The fourth-order valence-corrected chi connectivity index (χ4v) is 2.77. The number of ether oxygens (including phenoxy) is 3. The molecule has 2 atom stereocenters. The molecule has 0 fully saturated rings. The summed E-state index contributed by atoms with van der Waals surface area (Å²) < 4.78 is 16.9. The Balaban J connectivity index is 2.88. The zero-order chi connectivity index (χ0) is 20.7. The number of carbonyl (C=O) groups excluding carboxylic acids is 1. The van der Waals surface area contributed by atoms with Crippen LogP contribution in [0.25, 0.3) is 0 Å². The predicted octanol–water partition coefficient (Wildman–Crippen LogP) is 5.49. The molecule has 0 aliphatic carbocycles. The molecule has 1 N–H and O–H groups in total. The first-order chi connectivity index (χ1) is 12.5. The van der Waals surface area contributed by atoms with E-state index in [1.54, 1.807) is 7.11 Å². The number of methoxy groups -OCH3 is 1. The van der Waals surface area contributed by atoms with Crippen LogP contribution in [0.15, 0.2) is 24.3 Å². The van der Waals surface area contributed by atoms with Crippen molar-refractivity contribution in [1.82, 2.24) is 5.32 Å². The number of benzene rings is 1. The molecule has 1 aromatic carbocycles. The van der Waals surface area contributed by atoms with E-state index < -0.39 is 17.3 Å². The van der Waals surface area contributed by atoms with Gasteiger partial charge in [0.2, 0.25) is 0 Å². The summed E-state index contributed by atoms with van der Waals surface area (Å²) in [6.07, 6.45) is 1.85. The number of hydrogen-bond donors (Lipinski definition) is 1. The molecule has 5 nitrogen and oxygen atoms in total. The predicted molar refractivity (Wildman–Crippen MR) is 109 cm³/mol. The van der Waals surface area contributed by atoms with Crippen molar-refractivity contribution in [2.75, 3.05) is 13.7 Å². The minimum atomic E-state index is -0.602. The van der Waals surface area contributed by atoms with E-state index in [4.69, 9.17) is 14.2 Å². The normalized spacial score (nSPS) is 14.4. The van der Waals surface area contributed by atoms with Gasteiger partial charge in [-0.2, -0.15) is 0 Å². The third-order valence-corrected chi connectivity index (χ3v) is 4.41. The number of nitrogens with one attached hydrogen (secondary N) is 1. The van der Waals surface area contributed by atoms with Gasteiger partial charge in [0.1, 0.15) is 11.4 Å². The van der Waals surface area contributed by atoms with Crippen LogP contribution in [-0.4, -0.2) is 31.0 Å². The van der Waals surface area contributed by atoms with Crippen LogP contribution in [0.3, 0.4) is 0 Å². The maximum Gasteiger partial charge on any atom is 0.408 e. The van der Waals surface area contributed by atoms with Gasteiger partial charge >= 0.3 is 6.09 Å². The molecule has 1 rings (SSSR count). The fraction of sp³-hybridized carbons (Fsp3) is 0.682. The Bertz CT molecular complexity index is 575. The van der Waals surface area contributed by atoms with Gasteiger partial charge in [0, 0.05) is 7.11 Å². The molecule has 0 aliphatic heterocycles. The van der Waals surface area contributed by atoms with Gasteiger partial charge in [-0.3, -0.25) is 0 Å². The highest BCUT2D eigenvalue weighted by atomic mass is 16.6. The molecule has 154 valence electrons. The topological polar surface area (TPSA) is 56.8 Å². The van der Waals surface area contributed by atoms with Crippen molar-refractivity contribution < 1.29 is 19.0 Å². The van der Waals surface area contributed by atoms with E-state index in [1.165, 1.54) is 0 Å². The molecule has 0 bridgehead atoms. The van der Waals surface area contributed by atoms with Crippen molar-refractivity contribution in [2.24, 2.45) is 5.92 Å². The summed E-state index contributed by atoms with van der Waals surface area (Å²) in [5.74, 6) is 1.36. The molecule has 0 spiro atoms. The Kier molecular flexibility index (Phi) is 8.60. The Hall–Kier alpha value is -1.75. The van der Waals surface area contributed by atoms with Gasteiger partial charge in [-0.25, -0.2) is 4.79 Å². The maximum absolute atomic E-state index is 12.3. The highest BCUT2D eigenvalue weighted by molar-refractivity contribution is 5.68. The zero-order valence-corrected chi connectivity index (χ0v) is 18.2. The first-order valence-corrected chi connectivity index (χ1v) is 9.76. The molecular formula is C22H37NO4. The zero-order valence-electron chi connectivity index (χ0n) is 18.2. The smallest absolute Gasteiger partial charge is 0.408 e. The van der Waals surface area contributed by atoms with Gasteiger partial charge < -0.3 is 19.5 Å². The lowest BCUT2D eigenvalue weighted by molar-refractivity contribution is -0.0171. The van der Waals surface area contributed by atoms with Crippen molar-refractivity contribution in [3.8, 4) is 5.75 Å². The second-order valence-electron chi connectivity index (χ2n) is 8.66. The van der Waals surface area contributed by atoms with Gasteiger partial charge in [-0.15, -0.1) is 0 Å². The van der Waals surface area contributed by atoms with E-state index >= 15 is 0 Å². The highest BCUT2D eigenvalue weighted by Gasteiger charge is 2.33. The van der Waals surface area contributed by atoms with Gasteiger partial charge in [0.25, 0.3) is 0 Å². The molecule has 1 amide bonds. The standard InChI is InChI=1S/C22H37NO4/c1-9-10-16(2)15-26-18-13-11-17(12-14-18)19(22(6,7)25-8)23-20(24)27-21(3,4)5/h11-14,16,19H,9-10,15H2,1-8H3,(H,23,24)/t16?,19-/m1/s1. The van der Waals surface area contributed by atoms with Crippen LogP contribution in [-0.2, 0) is 9.47 Å². The largest absolute Gasteiger partial charge is 0.493 e. The minimum absolute atomic E-state index is 0.356. The average Bonchev–Trinajstić information content (AvgIpc) is 2.57. The Labute approximate surface area is 164 Å². The van der Waals surface area contributed by atoms with Crippen LogP contribution in [0.5, 0.6) is 5.75 Å². The second kappa shape index (κ2) is 9.98. The Morgan fingerprint density at radius 2 is 1.70 bits per heavy atom. The minimum Gasteiger partial charge on any atom is -0.493 e. The molecule has 0 aromatic heterocycles. The number of amides is 1. The van der Waals surface area contributed by atoms with Gasteiger partial charge in [0.05, 0.1) is 18.2 Å². The number of hydrogen-bond acceptors (Lipinski definition) is 4. The van der Waals surface area contributed by atoms with Gasteiger partial charge in [-0.05, 0) is 64.7 Å². The number of alkyl carbamates (subject to hydrolysis) is 1. The molecule has 1 aromatic rings. The second-order valence-corrected chi connectivity index (χ2v) is 8.66. The summed E-state index contributed by atoms with van der Waals surface area (Å²) >= 11 is 0. The number of rotatable bonds is 9. The van der Waals surface area contributed by atoms with E-state index in [-0.39, 0.29) is 6.04 Å². The summed E-state index contributed by atoms with van der Waals surface area (Å²) in [5.41, 5.74) is -0.227. The summed E-state index contributed by atoms with van der Waals surface area (Å²) in [4.78, 5) is 12.3. The van der Waals surface area contributed by atoms with E-state index in [2.05, 4.69) is 19.2 Å². The third-order valence-electron chi connectivity index (χ3n) is 4.41. The molecule has 0 saturated carbocycles. The molecule has 5 heteroatoms. The lowest BCUT2D eigenvalue weighted by atomic mass is 9.91. The van der Waals surface area contributed by atoms with E-state index in [1.807, 2.05) is 58.9 Å². The summed E-state index contributed by atoms with van der Waals surface area (Å²) in [6, 6.07) is 7.43. The SMILES string of the molecule is CCCC(C)COc1ccc([C@@H](NC(=O)OC(C)(C)C)C(C)(C)OC)cc1. The molecule has 27 heavy (non-hydrogen) atoms. The molecule has 0 aliphatic rings. The fourth-order valence-electron chi connectivity index (χ4n) is 2.77. The van der Waals surface area contributed by atoms with Crippen LogP contribution in [0.4, 0.5) is 4.79 Å². The van der Waals surface area contributed by atoms with Gasteiger partial charge in [0.15, 0.2) is 0 Å². The average molecular weight is 380 g/mol. The van der Waals surface area contributed by atoms with E-state index in [0.717, 1.165) is 24.2 Å². The Morgan fingerprint density at radius 1 is 1.11 bits per heavy atom. The Morgan fingerprint density at radius 3 is 2.19 bits per heavy atom. The summed E-state index contributed by atoms with van der Waals surface area (Å²) in [7, 11) is 1.64. The quantitative estimate of drug-likeness (QED) is 0.616. The van der Waals surface area contributed by atoms with Crippen LogP contribution in [0.1, 0.15) is 72.9 Å². The van der Waals surface area contributed by atoms with Crippen molar-refractivity contribution in [3.63, 3.8) is 0 Å². The maximum atomic E-state index is 12.3. The van der Waals surface area contributed by atoms with Crippen LogP contribution < -0.4 is 10.1 Å². The van der Waals surface area contributed by atoms with Crippen molar-refractivity contribution in [1.29, 1.82) is 0 Å². The highest BCUT2D eigenvalue weighted by Crippen LogP contribution is 2.30. The first-order valence-electron chi connectivity index (χ1n) is 9.76. The van der Waals surface area contributed by atoms with Crippen molar-refractivity contribution in [2.45, 2.75) is 78.6 Å². The molecular weight excluding hydrogens is 342 g/mol. The van der Waals surface area contributed by atoms with Crippen LogP contribution >= 0.6 is 0 Å². The summed E-state index contributed by atoms with van der Waals surface area (Å²) in [6.45, 7) is 14.5. The van der Waals surface area contributed by atoms with Crippen molar-refractivity contribution >= 4 is 6.09 Å². The lowest BCUT2D eigenvalue weighted by Crippen LogP contribution is -2.45. The lowest BCUT2D eigenvalue weighted by Gasteiger charge is -2.34. The van der Waals surface area contributed by atoms with Crippen LogP contribution in [0, 0.1) is 5.92 Å².